The van der Waals surface area contributed by atoms with Crippen molar-refractivity contribution in [3.05, 3.63) is 44.6 Å². The van der Waals surface area contributed by atoms with Gasteiger partial charge >= 0.3 is 5.97 Å². The molecule has 2 amide bonds. The first-order valence-electron chi connectivity index (χ1n) is 13.1. The summed E-state index contributed by atoms with van der Waals surface area (Å²) in [5.74, 6) is -4.04. The number of hydrogen-bond acceptors (Lipinski definition) is 9. The third-order valence-corrected chi connectivity index (χ3v) is 10.1. The highest BCUT2D eigenvalue weighted by molar-refractivity contribution is 7.92. The number of benzene rings is 1. The average Bonchev–Trinajstić information content (AvgIpc) is 3.28. The molecule has 0 spiro atoms. The smallest absolute Gasteiger partial charge is 0.341 e. The molecule has 0 radical (unpaired) electrons. The maximum absolute atomic E-state index is 12.8. The highest BCUT2D eigenvalue weighted by atomic mass is 32.2. The molecule has 1 aliphatic carbocycles. The summed E-state index contributed by atoms with van der Waals surface area (Å²) in [5.41, 5.74) is 3.09. The third-order valence-electron chi connectivity index (χ3n) is 6.43. The van der Waals surface area contributed by atoms with Gasteiger partial charge in [0.1, 0.15) is 16.5 Å². The summed E-state index contributed by atoms with van der Waals surface area (Å²) in [6.45, 7) is 4.67. The molecule has 10 nitrogen and oxygen atoms in total. The van der Waals surface area contributed by atoms with Gasteiger partial charge in [-0.2, -0.15) is 4.99 Å². The molecule has 13 heteroatoms. The molecule has 3 aromatic rings. The van der Waals surface area contributed by atoms with Crippen LogP contribution < -0.4 is 10.1 Å². The molecule has 2 aromatic heterocycles. The molecule has 1 aliphatic rings. The quantitative estimate of drug-likeness (QED) is 0.275. The van der Waals surface area contributed by atoms with Gasteiger partial charge in [-0.05, 0) is 62.8 Å². The van der Waals surface area contributed by atoms with Crippen LogP contribution in [0.15, 0.2) is 23.2 Å². The van der Waals surface area contributed by atoms with Crippen LogP contribution >= 0.6 is 22.7 Å². The number of sulfone groups is 1. The van der Waals surface area contributed by atoms with Crippen LogP contribution in [0.1, 0.15) is 52.5 Å². The van der Waals surface area contributed by atoms with Crippen molar-refractivity contribution < 1.29 is 32.3 Å². The summed E-state index contributed by atoms with van der Waals surface area (Å²) in [5, 5.41) is 2.90. The number of carbonyl (C=O) groups excluding carboxylic acids is 3. The number of methoxy groups -OCH3 is 1. The fraction of sp³-hybridized carbons (Fsp3) is 0.481. The average molecular weight is 608 g/mol. The van der Waals surface area contributed by atoms with E-state index in [4.69, 9.17) is 9.47 Å². The van der Waals surface area contributed by atoms with Gasteiger partial charge in [-0.3, -0.25) is 9.59 Å². The Hall–Kier alpha value is -2.87. The monoisotopic (exact) mass is 607 g/mol. The largest absolute Gasteiger partial charge is 0.462 e. The van der Waals surface area contributed by atoms with Gasteiger partial charge in [-0.25, -0.2) is 13.2 Å². The topological polar surface area (TPSA) is 133 Å². The number of nitrogens with zero attached hydrogens (tertiary/aromatic N) is 2. The lowest BCUT2D eigenvalue weighted by molar-refractivity contribution is -0.115. The molecule has 40 heavy (non-hydrogen) atoms. The minimum atomic E-state index is -4.13. The zero-order chi connectivity index (χ0) is 28.9. The van der Waals surface area contributed by atoms with Gasteiger partial charge in [0.2, 0.25) is 5.91 Å². The van der Waals surface area contributed by atoms with E-state index in [1.807, 2.05) is 29.7 Å². The number of ether oxygens (including phenoxy) is 2. The summed E-state index contributed by atoms with van der Waals surface area (Å²) >= 11 is 2.57. The van der Waals surface area contributed by atoms with Crippen molar-refractivity contribution in [2.45, 2.75) is 52.5 Å². The van der Waals surface area contributed by atoms with Crippen LogP contribution in [0.4, 0.5) is 5.00 Å². The van der Waals surface area contributed by atoms with E-state index >= 15 is 0 Å². The number of anilines is 1. The van der Waals surface area contributed by atoms with Gasteiger partial charge in [0.05, 0.1) is 29.0 Å². The SMILES string of the molecule is CCOC(=O)c1c(NC(=O)CS(=O)(=O)CC(=O)N=c2sc3cc(C)ccc3n2CCOC)sc2c1CCCCC2. The number of esters is 1. The van der Waals surface area contributed by atoms with Crippen molar-refractivity contribution in [2.75, 3.05) is 37.1 Å². The Bertz CT molecular complexity index is 1600. The molecule has 0 unspecified atom stereocenters. The Morgan fingerprint density at radius 3 is 2.62 bits per heavy atom. The van der Waals surface area contributed by atoms with E-state index in [0.717, 1.165) is 51.9 Å². The molecule has 0 fully saturated rings. The molecule has 4 rings (SSSR count). The fourth-order valence-corrected chi connectivity index (χ4v) is 8.13. The van der Waals surface area contributed by atoms with Gasteiger partial charge < -0.3 is 19.4 Å². The van der Waals surface area contributed by atoms with Crippen LogP contribution in [0.2, 0.25) is 0 Å². The zero-order valence-electron chi connectivity index (χ0n) is 22.8. The second kappa shape index (κ2) is 13.2. The predicted molar refractivity (Wildman–Crippen MR) is 156 cm³/mol. The number of aromatic nitrogens is 1. The maximum atomic E-state index is 12.8. The van der Waals surface area contributed by atoms with E-state index < -0.39 is 39.1 Å². The van der Waals surface area contributed by atoms with Gasteiger partial charge in [0, 0.05) is 18.5 Å². The van der Waals surface area contributed by atoms with Crippen molar-refractivity contribution >= 4 is 65.5 Å². The Balaban J connectivity index is 1.51. The fourth-order valence-electron chi connectivity index (χ4n) is 4.65. The second-order valence-corrected chi connectivity index (χ2v) is 13.8. The van der Waals surface area contributed by atoms with Crippen LogP contribution in [0.5, 0.6) is 0 Å². The highest BCUT2D eigenvalue weighted by Crippen LogP contribution is 2.38. The molecule has 0 bridgehead atoms. The molecule has 0 saturated carbocycles. The summed E-state index contributed by atoms with van der Waals surface area (Å²) < 4.78 is 38.8. The lowest BCUT2D eigenvalue weighted by Gasteiger charge is -2.08. The highest BCUT2D eigenvalue weighted by Gasteiger charge is 2.28. The van der Waals surface area contributed by atoms with Gasteiger partial charge in [0.15, 0.2) is 14.6 Å². The summed E-state index contributed by atoms with van der Waals surface area (Å²) in [6, 6.07) is 5.85. The van der Waals surface area contributed by atoms with Crippen molar-refractivity contribution in [1.82, 2.24) is 4.57 Å². The Kier molecular flexibility index (Phi) is 9.93. The van der Waals surface area contributed by atoms with Crippen molar-refractivity contribution in [3.63, 3.8) is 0 Å². The summed E-state index contributed by atoms with van der Waals surface area (Å²) in [4.78, 5) is 43.7. The minimum absolute atomic E-state index is 0.182. The molecule has 1 N–H and O–H groups in total. The van der Waals surface area contributed by atoms with Crippen LogP contribution in [-0.2, 0) is 48.3 Å². The molecule has 0 saturated heterocycles. The van der Waals surface area contributed by atoms with E-state index in [-0.39, 0.29) is 6.61 Å². The Morgan fingerprint density at radius 2 is 1.88 bits per heavy atom. The standard InChI is InChI=1S/C27H33N3O7S3/c1-4-37-26(33)24-18-8-6-5-7-9-20(18)38-25(24)28-22(31)15-40(34,35)16-23(32)29-27-30(12-13-36-3)19-11-10-17(2)14-21(19)39-27/h10-11,14H,4-9,12-13,15-16H2,1-3H3,(H,28,31). The summed E-state index contributed by atoms with van der Waals surface area (Å²) in [7, 11) is -2.56. The number of nitrogens with one attached hydrogen (secondary N) is 1. The summed E-state index contributed by atoms with van der Waals surface area (Å²) in [6.07, 6.45) is 4.45. The molecule has 216 valence electrons. The van der Waals surface area contributed by atoms with Crippen molar-refractivity contribution in [1.29, 1.82) is 0 Å². The molecular weight excluding hydrogens is 575 g/mol. The molecule has 2 heterocycles. The number of rotatable bonds is 10. The van der Waals surface area contributed by atoms with Crippen LogP contribution in [0.25, 0.3) is 10.2 Å². The van der Waals surface area contributed by atoms with E-state index in [1.54, 1.807) is 14.0 Å². The van der Waals surface area contributed by atoms with E-state index in [0.29, 0.717) is 34.9 Å². The molecule has 1 aromatic carbocycles. The normalized spacial score (nSPS) is 14.1. The lowest BCUT2D eigenvalue weighted by Crippen LogP contribution is -2.28. The van der Waals surface area contributed by atoms with Crippen LogP contribution in [-0.4, -0.2) is 62.6 Å². The van der Waals surface area contributed by atoms with E-state index in [2.05, 4.69) is 10.3 Å². The number of thiophene rings is 1. The maximum Gasteiger partial charge on any atom is 0.341 e. The molecule has 0 aliphatic heterocycles. The van der Waals surface area contributed by atoms with Crippen molar-refractivity contribution in [2.24, 2.45) is 4.99 Å². The predicted octanol–water partition coefficient (Wildman–Crippen LogP) is 3.65. The number of aryl methyl sites for hydroxylation is 2. The van der Waals surface area contributed by atoms with Gasteiger partial charge in [-0.1, -0.05) is 23.8 Å². The Labute approximate surface area is 240 Å². The van der Waals surface area contributed by atoms with Gasteiger partial charge in [-0.15, -0.1) is 11.3 Å². The number of carbonyl (C=O) groups is 3. The molecular formula is C27H33N3O7S3. The van der Waals surface area contributed by atoms with Crippen LogP contribution in [0, 0.1) is 6.92 Å². The lowest BCUT2D eigenvalue weighted by atomic mass is 10.1. The first-order valence-corrected chi connectivity index (χ1v) is 16.6. The molecule has 0 atom stereocenters. The van der Waals surface area contributed by atoms with E-state index in [1.165, 1.54) is 22.7 Å². The number of hydrogen-bond donors (Lipinski definition) is 1. The zero-order valence-corrected chi connectivity index (χ0v) is 25.2. The van der Waals surface area contributed by atoms with Crippen LogP contribution in [0.3, 0.4) is 0 Å². The number of thiazole rings is 1. The number of amides is 2. The van der Waals surface area contributed by atoms with Gasteiger partial charge in [0.25, 0.3) is 5.91 Å². The second-order valence-electron chi connectivity index (χ2n) is 9.58. The first kappa shape index (κ1) is 30.1. The van der Waals surface area contributed by atoms with E-state index in [9.17, 15) is 22.8 Å². The minimum Gasteiger partial charge on any atom is -0.462 e. The Morgan fingerprint density at radius 1 is 1.10 bits per heavy atom. The third kappa shape index (κ3) is 7.25. The first-order chi connectivity index (χ1) is 19.1. The van der Waals surface area contributed by atoms with Crippen molar-refractivity contribution in [3.8, 4) is 0 Å². The number of fused-ring (bicyclic) bond motifs is 2.